The van der Waals surface area contributed by atoms with E-state index in [0.717, 1.165) is 6.54 Å². The zero-order chi connectivity index (χ0) is 5.98. The van der Waals surface area contributed by atoms with Crippen LogP contribution in [0.4, 0.5) is 4.70 Å². The fourth-order valence-corrected chi connectivity index (χ4v) is 0.689. The average Bonchev–Trinajstić information content (AvgIpc) is 2.14. The minimum atomic E-state index is 0. The van der Waals surface area contributed by atoms with Crippen LogP contribution in [0, 0.1) is 0 Å². The van der Waals surface area contributed by atoms with E-state index >= 15 is 0 Å². The Kier molecular flexibility index (Phi) is 5.79. The molecule has 0 saturated carbocycles. The minimum absolute atomic E-state index is 0. The van der Waals surface area contributed by atoms with Gasteiger partial charge in [-0.05, 0) is 6.92 Å². The molecule has 0 saturated heterocycles. The Balaban J connectivity index is 0. The summed E-state index contributed by atoms with van der Waals surface area (Å²) in [6, 6.07) is 0. The molecule has 60 valence electrons. The maximum atomic E-state index is 2.12. The first-order chi connectivity index (χ1) is 3.83. The van der Waals surface area contributed by atoms with Gasteiger partial charge in [-0.2, -0.15) is 0 Å². The van der Waals surface area contributed by atoms with Crippen LogP contribution in [0.25, 0.3) is 0 Å². The van der Waals surface area contributed by atoms with E-state index in [9.17, 15) is 0 Å². The molecular weight excluding hydrogens is 138 g/mol. The summed E-state index contributed by atoms with van der Waals surface area (Å²) in [5.74, 6) is 0. The van der Waals surface area contributed by atoms with E-state index in [1.54, 1.807) is 0 Å². The third-order valence-corrected chi connectivity index (χ3v) is 1.19. The van der Waals surface area contributed by atoms with Crippen molar-refractivity contribution in [2.45, 2.75) is 13.5 Å². The molecule has 0 aromatic carbocycles. The second kappa shape index (κ2) is 4.90. The first-order valence-electron chi connectivity index (χ1n) is 2.84. The Bertz CT molecular complexity index is 174. The first kappa shape index (κ1) is 11.8. The minimum Gasteiger partial charge on any atom is -1.00 e. The maximum Gasteiger partial charge on any atom is 0.243 e. The van der Waals surface area contributed by atoms with Crippen molar-refractivity contribution in [1.82, 2.24) is 4.57 Å². The first-order valence-corrected chi connectivity index (χ1v) is 2.84. The summed E-state index contributed by atoms with van der Waals surface area (Å²) >= 11 is 0. The van der Waals surface area contributed by atoms with Gasteiger partial charge in [-0.15, -0.1) is 0 Å². The van der Waals surface area contributed by atoms with E-state index in [-0.39, 0.29) is 9.41 Å². The van der Waals surface area contributed by atoms with Gasteiger partial charge in [0.05, 0.1) is 13.6 Å². The van der Waals surface area contributed by atoms with Crippen LogP contribution in [-0.4, -0.2) is 4.57 Å². The molecule has 2 nitrogen and oxygen atoms in total. The molecule has 0 amide bonds. The summed E-state index contributed by atoms with van der Waals surface area (Å²) in [5.41, 5.74) is 0. The van der Waals surface area contributed by atoms with Gasteiger partial charge in [0.1, 0.15) is 12.4 Å². The topological polar surface area (TPSA) is 8.81 Å². The average molecular weight is 150 g/mol. The fourth-order valence-electron chi connectivity index (χ4n) is 0.689. The van der Waals surface area contributed by atoms with Crippen molar-refractivity contribution < 1.29 is 14.0 Å². The van der Waals surface area contributed by atoms with E-state index in [1.807, 2.05) is 17.8 Å². The van der Waals surface area contributed by atoms with Crippen LogP contribution in [0.5, 0.6) is 0 Å². The van der Waals surface area contributed by atoms with E-state index in [1.165, 1.54) is 0 Å². The Hall–Kier alpha value is -0.930. The lowest BCUT2D eigenvalue weighted by molar-refractivity contribution is -0.671. The predicted molar refractivity (Wildman–Crippen MR) is 33.8 cm³/mol. The molecule has 10 heavy (non-hydrogen) atoms. The summed E-state index contributed by atoms with van der Waals surface area (Å²) in [6.07, 6.45) is 6.14. The van der Waals surface area contributed by atoms with Gasteiger partial charge in [0.15, 0.2) is 0 Å². The van der Waals surface area contributed by atoms with Crippen LogP contribution in [-0.2, 0) is 13.6 Å². The molecule has 0 aliphatic carbocycles. The number of aromatic nitrogens is 2. The quantitative estimate of drug-likeness (QED) is 0.391. The van der Waals surface area contributed by atoms with Crippen LogP contribution in [0.2, 0.25) is 0 Å². The van der Waals surface area contributed by atoms with Gasteiger partial charge in [-0.3, -0.25) is 4.70 Å². The summed E-state index contributed by atoms with van der Waals surface area (Å²) in [6.45, 7) is 3.18. The molecule has 4 heteroatoms. The number of nitrogens with zero attached hydrogens (tertiary/aromatic N) is 2. The molecule has 1 aromatic heterocycles. The second-order valence-corrected chi connectivity index (χ2v) is 1.91. The van der Waals surface area contributed by atoms with Crippen LogP contribution in [0.15, 0.2) is 18.7 Å². The third-order valence-electron chi connectivity index (χ3n) is 1.19. The Morgan fingerprint density at radius 3 is 2.30 bits per heavy atom. The van der Waals surface area contributed by atoms with Crippen molar-refractivity contribution in [3.05, 3.63) is 18.7 Å². The van der Waals surface area contributed by atoms with E-state index in [4.69, 9.17) is 0 Å². The monoisotopic (exact) mass is 150 g/mol. The number of aryl methyl sites for hydroxylation is 2. The van der Waals surface area contributed by atoms with Crippen molar-refractivity contribution in [3.63, 3.8) is 0 Å². The van der Waals surface area contributed by atoms with Gasteiger partial charge < -0.3 is 4.70 Å². The second-order valence-electron chi connectivity index (χ2n) is 1.91. The fraction of sp³-hybridized carbons (Fsp3) is 0.500. The maximum absolute atomic E-state index is 2.12. The number of hydrogen-bond donors (Lipinski definition) is 0. The van der Waals surface area contributed by atoms with Gasteiger partial charge in [0.25, 0.3) is 0 Å². The normalized spacial score (nSPS) is 7.80. The summed E-state index contributed by atoms with van der Waals surface area (Å²) in [5, 5.41) is 0. The van der Waals surface area contributed by atoms with Gasteiger partial charge in [0.2, 0.25) is 6.33 Å². The Morgan fingerprint density at radius 2 is 2.10 bits per heavy atom. The summed E-state index contributed by atoms with van der Waals surface area (Å²) < 4.78 is 4.16. The van der Waals surface area contributed by atoms with Gasteiger partial charge in [-0.25, -0.2) is 9.13 Å². The summed E-state index contributed by atoms with van der Waals surface area (Å²) in [7, 11) is 2.02. The number of imidazole rings is 1. The molecule has 0 spiro atoms. The Labute approximate surface area is 58.8 Å². The molecule has 0 aliphatic rings. The van der Waals surface area contributed by atoms with Crippen LogP contribution in [0.1, 0.15) is 6.92 Å². The molecule has 1 aromatic rings. The van der Waals surface area contributed by atoms with Gasteiger partial charge in [0, 0.05) is 0 Å². The van der Waals surface area contributed by atoms with Crippen molar-refractivity contribution in [2.75, 3.05) is 0 Å². The number of hydrogen-bond acceptors (Lipinski definition) is 0. The lowest BCUT2D eigenvalue weighted by atomic mass is 10.7. The van der Waals surface area contributed by atoms with Crippen molar-refractivity contribution in [3.8, 4) is 0 Å². The molecular formula is C6H12F2N2. The molecule has 0 bridgehead atoms. The van der Waals surface area contributed by atoms with Gasteiger partial charge >= 0.3 is 0 Å². The zero-order valence-electron chi connectivity index (χ0n) is 6.12. The van der Waals surface area contributed by atoms with Crippen LogP contribution in [0.3, 0.4) is 0 Å². The molecule has 0 N–H and O–H groups in total. The molecule has 0 atom stereocenters. The zero-order valence-corrected chi connectivity index (χ0v) is 6.12. The molecule has 1 heterocycles. The SMILES string of the molecule is CCn1cc[n+](C)c1.F.[F-]. The van der Waals surface area contributed by atoms with E-state index in [2.05, 4.69) is 24.0 Å². The molecule has 0 aliphatic heterocycles. The Morgan fingerprint density at radius 1 is 1.50 bits per heavy atom. The lowest BCUT2D eigenvalue weighted by Gasteiger charge is -1.81. The smallest absolute Gasteiger partial charge is 0.243 e. The standard InChI is InChI=1S/C6H11N2.2FH/c1-3-8-5-4-7(2)6-8;;/h4-6H,3H2,1-2H3;2*1H/q+1;;/p-1. The van der Waals surface area contributed by atoms with E-state index in [0.29, 0.717) is 0 Å². The van der Waals surface area contributed by atoms with Crippen molar-refractivity contribution in [1.29, 1.82) is 0 Å². The number of rotatable bonds is 1. The molecule has 1 rings (SSSR count). The highest BCUT2D eigenvalue weighted by Crippen LogP contribution is 1.79. The van der Waals surface area contributed by atoms with Gasteiger partial charge in [-0.1, -0.05) is 0 Å². The number of halogens is 2. The largest absolute Gasteiger partial charge is 1.00 e. The third kappa shape index (κ3) is 2.57. The summed E-state index contributed by atoms with van der Waals surface area (Å²) in [4.78, 5) is 0. The lowest BCUT2D eigenvalue weighted by Crippen LogP contribution is -3.00. The van der Waals surface area contributed by atoms with Crippen molar-refractivity contribution >= 4 is 0 Å². The molecule has 0 radical (unpaired) electrons. The van der Waals surface area contributed by atoms with Crippen molar-refractivity contribution in [2.24, 2.45) is 7.05 Å². The van der Waals surface area contributed by atoms with E-state index < -0.39 is 0 Å². The van der Waals surface area contributed by atoms with Crippen LogP contribution < -0.4 is 9.27 Å². The highest BCUT2D eigenvalue weighted by Gasteiger charge is 1.92. The highest BCUT2D eigenvalue weighted by atomic mass is 19.0. The predicted octanol–water partition coefficient (Wildman–Crippen LogP) is -2.51. The van der Waals surface area contributed by atoms with Crippen LogP contribution >= 0.6 is 0 Å². The molecule has 0 fully saturated rings. The highest BCUT2D eigenvalue weighted by molar-refractivity contribution is 4.63. The molecule has 0 unspecified atom stereocenters.